The summed E-state index contributed by atoms with van der Waals surface area (Å²) in [5.41, 5.74) is 1.60. The molecule has 1 aromatic carbocycles. The van der Waals surface area contributed by atoms with Crippen molar-refractivity contribution < 1.29 is 4.74 Å². The van der Waals surface area contributed by atoms with Crippen LogP contribution in [0.15, 0.2) is 22.7 Å². The molecule has 102 valence electrons. The van der Waals surface area contributed by atoms with E-state index >= 15 is 0 Å². The van der Waals surface area contributed by atoms with Crippen LogP contribution in [0.3, 0.4) is 0 Å². The minimum atomic E-state index is 0.304. The first-order valence-corrected chi connectivity index (χ1v) is 7.26. The van der Waals surface area contributed by atoms with Crippen LogP contribution >= 0.6 is 15.9 Å². The summed E-state index contributed by atoms with van der Waals surface area (Å²) >= 11 is 3.57. The van der Waals surface area contributed by atoms with Crippen molar-refractivity contribution in [3.8, 4) is 5.75 Å². The molecule has 0 spiro atoms. The zero-order valence-corrected chi connectivity index (χ0v) is 13.6. The average molecular weight is 314 g/mol. The third kappa shape index (κ3) is 4.62. The molecule has 0 fully saturated rings. The van der Waals surface area contributed by atoms with Gasteiger partial charge in [-0.05, 0) is 59.4 Å². The van der Waals surface area contributed by atoms with Crippen LogP contribution in [-0.4, -0.2) is 13.7 Å². The number of halogens is 1. The molecule has 0 amide bonds. The standard InChI is InChI=1S/C15H24BrNO/c1-6-18-14-8-7-11(9-12(14)16)13(17-5)10-15(2,3)4/h7-9,13,17H,6,10H2,1-5H3. The highest BCUT2D eigenvalue weighted by Gasteiger charge is 2.19. The fourth-order valence-corrected chi connectivity index (χ4v) is 2.52. The number of nitrogens with one attached hydrogen (secondary N) is 1. The Balaban J connectivity index is 2.90. The first-order valence-electron chi connectivity index (χ1n) is 6.47. The van der Waals surface area contributed by atoms with Gasteiger partial charge >= 0.3 is 0 Å². The summed E-state index contributed by atoms with van der Waals surface area (Å²) in [6.45, 7) is 9.48. The minimum absolute atomic E-state index is 0.304. The maximum absolute atomic E-state index is 5.54. The summed E-state index contributed by atoms with van der Waals surface area (Å²) < 4.78 is 6.56. The molecule has 0 radical (unpaired) electrons. The van der Waals surface area contributed by atoms with Crippen molar-refractivity contribution in [2.45, 2.75) is 40.2 Å². The Bertz CT molecular complexity index is 385. The summed E-state index contributed by atoms with van der Waals surface area (Å²) in [6, 6.07) is 6.70. The second kappa shape index (κ2) is 6.58. The minimum Gasteiger partial charge on any atom is -0.493 e. The lowest BCUT2D eigenvalue weighted by atomic mass is 9.85. The molecule has 1 rings (SSSR count). The summed E-state index contributed by atoms with van der Waals surface area (Å²) in [6.07, 6.45) is 1.10. The van der Waals surface area contributed by atoms with Gasteiger partial charge in [0.05, 0.1) is 11.1 Å². The molecule has 0 aliphatic rings. The lowest BCUT2D eigenvalue weighted by Gasteiger charge is -2.26. The molecule has 1 unspecified atom stereocenters. The monoisotopic (exact) mass is 313 g/mol. The van der Waals surface area contributed by atoms with Gasteiger partial charge in [-0.2, -0.15) is 0 Å². The van der Waals surface area contributed by atoms with E-state index in [4.69, 9.17) is 4.74 Å². The van der Waals surface area contributed by atoms with Gasteiger partial charge < -0.3 is 10.1 Å². The van der Waals surface area contributed by atoms with E-state index in [2.05, 4.69) is 54.2 Å². The van der Waals surface area contributed by atoms with Crippen LogP contribution in [0.5, 0.6) is 5.75 Å². The van der Waals surface area contributed by atoms with E-state index in [9.17, 15) is 0 Å². The van der Waals surface area contributed by atoms with Crippen LogP contribution in [0, 0.1) is 5.41 Å². The predicted octanol–water partition coefficient (Wildman–Crippen LogP) is 4.54. The van der Waals surface area contributed by atoms with E-state index in [1.807, 2.05) is 20.0 Å². The lowest BCUT2D eigenvalue weighted by molar-refractivity contribution is 0.319. The van der Waals surface area contributed by atoms with Gasteiger partial charge in [-0.15, -0.1) is 0 Å². The van der Waals surface area contributed by atoms with Crippen LogP contribution in [0.1, 0.15) is 45.7 Å². The van der Waals surface area contributed by atoms with E-state index in [1.165, 1.54) is 5.56 Å². The largest absolute Gasteiger partial charge is 0.493 e. The Morgan fingerprint density at radius 3 is 2.44 bits per heavy atom. The van der Waals surface area contributed by atoms with Gasteiger partial charge in [0.15, 0.2) is 0 Å². The number of hydrogen-bond acceptors (Lipinski definition) is 2. The van der Waals surface area contributed by atoms with Crippen LogP contribution in [0.2, 0.25) is 0 Å². The van der Waals surface area contributed by atoms with Crippen molar-refractivity contribution in [1.82, 2.24) is 5.32 Å². The zero-order valence-electron chi connectivity index (χ0n) is 12.0. The Labute approximate surface area is 119 Å². The van der Waals surface area contributed by atoms with E-state index < -0.39 is 0 Å². The van der Waals surface area contributed by atoms with Crippen molar-refractivity contribution in [2.24, 2.45) is 5.41 Å². The maximum atomic E-state index is 5.54. The second-order valence-corrected chi connectivity index (χ2v) is 6.58. The fourth-order valence-electron chi connectivity index (χ4n) is 2.01. The molecule has 0 aliphatic heterocycles. The smallest absolute Gasteiger partial charge is 0.133 e. The van der Waals surface area contributed by atoms with Crippen molar-refractivity contribution in [1.29, 1.82) is 0 Å². The molecule has 0 heterocycles. The molecule has 1 N–H and O–H groups in total. The van der Waals surface area contributed by atoms with Gasteiger partial charge in [0, 0.05) is 6.04 Å². The van der Waals surface area contributed by atoms with Gasteiger partial charge in [0.1, 0.15) is 5.75 Å². The highest BCUT2D eigenvalue weighted by atomic mass is 79.9. The Hall–Kier alpha value is -0.540. The molecule has 18 heavy (non-hydrogen) atoms. The Kier molecular flexibility index (Phi) is 5.67. The quantitative estimate of drug-likeness (QED) is 0.861. The van der Waals surface area contributed by atoms with Crippen LogP contribution in [0.25, 0.3) is 0 Å². The molecular weight excluding hydrogens is 290 g/mol. The average Bonchev–Trinajstić information content (AvgIpc) is 2.28. The molecule has 1 atom stereocenters. The third-order valence-electron chi connectivity index (χ3n) is 2.82. The first-order chi connectivity index (χ1) is 8.37. The third-order valence-corrected chi connectivity index (χ3v) is 3.44. The maximum Gasteiger partial charge on any atom is 0.133 e. The lowest BCUT2D eigenvalue weighted by Crippen LogP contribution is -2.22. The predicted molar refractivity (Wildman–Crippen MR) is 81.2 cm³/mol. The number of ether oxygens (including phenoxy) is 1. The normalized spacial score (nSPS) is 13.4. The molecule has 0 bridgehead atoms. The van der Waals surface area contributed by atoms with Crippen molar-refractivity contribution in [3.05, 3.63) is 28.2 Å². The highest BCUT2D eigenvalue weighted by molar-refractivity contribution is 9.10. The summed E-state index contributed by atoms with van der Waals surface area (Å²) in [5, 5.41) is 3.39. The van der Waals surface area contributed by atoms with Crippen molar-refractivity contribution >= 4 is 15.9 Å². The van der Waals surface area contributed by atoms with E-state index in [0.29, 0.717) is 18.1 Å². The van der Waals surface area contributed by atoms with E-state index in [0.717, 1.165) is 16.6 Å². The Morgan fingerprint density at radius 2 is 2.00 bits per heavy atom. The summed E-state index contributed by atoms with van der Waals surface area (Å²) in [5.74, 6) is 0.909. The van der Waals surface area contributed by atoms with E-state index in [1.54, 1.807) is 0 Å². The molecule has 2 nitrogen and oxygen atoms in total. The fraction of sp³-hybridized carbons (Fsp3) is 0.600. The summed E-state index contributed by atoms with van der Waals surface area (Å²) in [7, 11) is 2.01. The molecule has 3 heteroatoms. The first kappa shape index (κ1) is 15.5. The summed E-state index contributed by atoms with van der Waals surface area (Å²) in [4.78, 5) is 0. The van der Waals surface area contributed by atoms with Gasteiger partial charge in [-0.25, -0.2) is 0 Å². The topological polar surface area (TPSA) is 21.3 Å². The number of rotatable bonds is 5. The Morgan fingerprint density at radius 1 is 1.33 bits per heavy atom. The van der Waals surface area contributed by atoms with Crippen LogP contribution in [0.4, 0.5) is 0 Å². The highest BCUT2D eigenvalue weighted by Crippen LogP contribution is 2.33. The molecule has 0 saturated carbocycles. The molecule has 0 aromatic heterocycles. The number of benzene rings is 1. The molecular formula is C15H24BrNO. The van der Waals surface area contributed by atoms with Gasteiger partial charge in [-0.3, -0.25) is 0 Å². The number of hydrogen-bond donors (Lipinski definition) is 1. The molecule has 0 saturated heterocycles. The molecule has 0 aliphatic carbocycles. The van der Waals surface area contributed by atoms with Gasteiger partial charge in [0.2, 0.25) is 0 Å². The zero-order chi connectivity index (χ0) is 13.8. The van der Waals surface area contributed by atoms with Crippen LogP contribution in [-0.2, 0) is 0 Å². The van der Waals surface area contributed by atoms with Crippen molar-refractivity contribution in [3.63, 3.8) is 0 Å². The van der Waals surface area contributed by atoms with E-state index in [-0.39, 0.29) is 0 Å². The SMILES string of the molecule is CCOc1ccc(C(CC(C)(C)C)NC)cc1Br. The van der Waals surface area contributed by atoms with Crippen molar-refractivity contribution in [2.75, 3.05) is 13.7 Å². The van der Waals surface area contributed by atoms with Gasteiger partial charge in [0.25, 0.3) is 0 Å². The van der Waals surface area contributed by atoms with Crippen LogP contribution < -0.4 is 10.1 Å². The van der Waals surface area contributed by atoms with Gasteiger partial charge in [-0.1, -0.05) is 26.8 Å². The molecule has 1 aromatic rings. The second-order valence-electron chi connectivity index (χ2n) is 5.73.